The molecular formula is C11H17NOS. The molecule has 2 atom stereocenters. The van der Waals surface area contributed by atoms with Gasteiger partial charge in [-0.1, -0.05) is 6.07 Å². The minimum Gasteiger partial charge on any atom is -0.373 e. The lowest BCUT2D eigenvalue weighted by molar-refractivity contribution is 0.0456. The molecule has 0 aromatic carbocycles. The van der Waals surface area contributed by atoms with Crippen LogP contribution < -0.4 is 5.32 Å². The Bertz CT molecular complexity index is 254. The molecule has 2 rings (SSSR count). The summed E-state index contributed by atoms with van der Waals surface area (Å²) in [5.41, 5.74) is 0. The number of hydrogen-bond donors (Lipinski definition) is 1. The summed E-state index contributed by atoms with van der Waals surface area (Å²) in [6.07, 6.45) is 1.52. The van der Waals surface area contributed by atoms with E-state index in [1.165, 1.54) is 11.3 Å². The van der Waals surface area contributed by atoms with Crippen LogP contribution in [0.2, 0.25) is 0 Å². The van der Waals surface area contributed by atoms with Crippen molar-refractivity contribution in [2.75, 3.05) is 19.7 Å². The molecule has 0 spiro atoms. The molecule has 0 bridgehead atoms. The molecular weight excluding hydrogens is 194 g/mol. The Labute approximate surface area is 89.3 Å². The molecule has 1 aromatic rings. The lowest BCUT2D eigenvalue weighted by Gasteiger charge is -2.14. The molecule has 1 saturated heterocycles. The topological polar surface area (TPSA) is 21.3 Å². The van der Waals surface area contributed by atoms with Gasteiger partial charge in [-0.05, 0) is 37.3 Å². The van der Waals surface area contributed by atoms with Gasteiger partial charge in [-0.3, -0.25) is 0 Å². The van der Waals surface area contributed by atoms with E-state index in [0.717, 1.165) is 25.6 Å². The molecule has 1 aromatic heterocycles. The van der Waals surface area contributed by atoms with Crippen LogP contribution in [0.4, 0.5) is 0 Å². The van der Waals surface area contributed by atoms with Gasteiger partial charge in [0.2, 0.25) is 0 Å². The molecule has 0 radical (unpaired) electrons. The number of nitrogens with one attached hydrogen (secondary N) is 1. The highest BCUT2D eigenvalue weighted by molar-refractivity contribution is 7.10. The maximum atomic E-state index is 5.84. The standard InChI is InChI=1S/C11H17NOS/c1-9(11-3-2-6-14-11)13-8-10-4-5-12-7-10/h2-3,6,9-10,12H,4-5,7-8H2,1H3. The highest BCUT2D eigenvalue weighted by atomic mass is 32.1. The summed E-state index contributed by atoms with van der Waals surface area (Å²) in [4.78, 5) is 1.33. The van der Waals surface area contributed by atoms with E-state index in [1.807, 2.05) is 0 Å². The molecule has 2 unspecified atom stereocenters. The van der Waals surface area contributed by atoms with Crippen LogP contribution in [0, 0.1) is 5.92 Å². The molecule has 0 saturated carbocycles. The average molecular weight is 211 g/mol. The highest BCUT2D eigenvalue weighted by Gasteiger charge is 2.16. The Morgan fingerprint density at radius 1 is 1.71 bits per heavy atom. The second kappa shape index (κ2) is 4.91. The summed E-state index contributed by atoms with van der Waals surface area (Å²) in [6, 6.07) is 4.22. The Hall–Kier alpha value is -0.380. The molecule has 1 N–H and O–H groups in total. The summed E-state index contributed by atoms with van der Waals surface area (Å²) in [5, 5.41) is 5.46. The predicted molar refractivity (Wildman–Crippen MR) is 59.7 cm³/mol. The minimum absolute atomic E-state index is 0.260. The van der Waals surface area contributed by atoms with Crippen LogP contribution >= 0.6 is 11.3 Å². The number of thiophene rings is 1. The Morgan fingerprint density at radius 2 is 2.64 bits per heavy atom. The van der Waals surface area contributed by atoms with Gasteiger partial charge in [0.1, 0.15) is 0 Å². The van der Waals surface area contributed by atoms with Gasteiger partial charge in [-0.2, -0.15) is 0 Å². The predicted octanol–water partition coefficient (Wildman–Crippen LogP) is 2.44. The van der Waals surface area contributed by atoms with Gasteiger partial charge in [0, 0.05) is 11.4 Å². The molecule has 1 aliphatic rings. The molecule has 78 valence electrons. The Morgan fingerprint density at radius 3 is 3.29 bits per heavy atom. The van der Waals surface area contributed by atoms with Crippen LogP contribution in [0.25, 0.3) is 0 Å². The maximum Gasteiger partial charge on any atom is 0.0888 e. The van der Waals surface area contributed by atoms with E-state index in [2.05, 4.69) is 29.8 Å². The molecule has 3 heteroatoms. The lowest BCUT2D eigenvalue weighted by Crippen LogP contribution is -2.14. The first-order chi connectivity index (χ1) is 6.86. The van der Waals surface area contributed by atoms with Gasteiger partial charge in [-0.15, -0.1) is 11.3 Å². The molecule has 2 nitrogen and oxygen atoms in total. The van der Waals surface area contributed by atoms with E-state index in [4.69, 9.17) is 4.74 Å². The molecule has 0 amide bonds. The number of ether oxygens (including phenoxy) is 1. The quantitative estimate of drug-likeness (QED) is 0.826. The Kier molecular flexibility index (Phi) is 3.56. The van der Waals surface area contributed by atoms with Crippen molar-refractivity contribution in [2.24, 2.45) is 5.92 Å². The fourth-order valence-corrected chi connectivity index (χ4v) is 2.47. The van der Waals surface area contributed by atoms with Crippen molar-refractivity contribution in [3.8, 4) is 0 Å². The molecule has 2 heterocycles. The smallest absolute Gasteiger partial charge is 0.0888 e. The third-order valence-electron chi connectivity index (χ3n) is 2.69. The first-order valence-electron chi connectivity index (χ1n) is 5.22. The second-order valence-corrected chi connectivity index (χ2v) is 4.83. The van der Waals surface area contributed by atoms with E-state index in [1.54, 1.807) is 11.3 Å². The SMILES string of the molecule is CC(OCC1CCNC1)c1cccs1. The van der Waals surface area contributed by atoms with Crippen LogP contribution in [0.3, 0.4) is 0 Å². The minimum atomic E-state index is 0.260. The normalized spacial score (nSPS) is 23.9. The second-order valence-electron chi connectivity index (χ2n) is 3.85. The third kappa shape index (κ3) is 2.56. The summed E-state index contributed by atoms with van der Waals surface area (Å²) in [6.45, 7) is 5.30. The number of hydrogen-bond acceptors (Lipinski definition) is 3. The van der Waals surface area contributed by atoms with E-state index in [0.29, 0.717) is 0 Å². The maximum absolute atomic E-state index is 5.84. The van der Waals surface area contributed by atoms with Crippen molar-refractivity contribution in [3.05, 3.63) is 22.4 Å². The summed E-state index contributed by atoms with van der Waals surface area (Å²) < 4.78 is 5.84. The van der Waals surface area contributed by atoms with Crippen molar-refractivity contribution in [2.45, 2.75) is 19.4 Å². The van der Waals surface area contributed by atoms with Crippen molar-refractivity contribution >= 4 is 11.3 Å². The first kappa shape index (κ1) is 10.1. The van der Waals surface area contributed by atoms with E-state index < -0.39 is 0 Å². The van der Waals surface area contributed by atoms with Crippen molar-refractivity contribution in [1.29, 1.82) is 0 Å². The van der Waals surface area contributed by atoms with Gasteiger partial charge in [0.05, 0.1) is 12.7 Å². The average Bonchev–Trinajstić information content (AvgIpc) is 2.87. The molecule has 0 aliphatic carbocycles. The van der Waals surface area contributed by atoms with Crippen LogP contribution in [0.15, 0.2) is 17.5 Å². The van der Waals surface area contributed by atoms with Crippen LogP contribution in [-0.2, 0) is 4.74 Å². The van der Waals surface area contributed by atoms with Crippen LogP contribution in [-0.4, -0.2) is 19.7 Å². The number of rotatable bonds is 4. The van der Waals surface area contributed by atoms with Crippen LogP contribution in [0.1, 0.15) is 24.3 Å². The molecule has 1 fully saturated rings. The monoisotopic (exact) mass is 211 g/mol. The zero-order chi connectivity index (χ0) is 9.80. The van der Waals surface area contributed by atoms with Crippen molar-refractivity contribution in [1.82, 2.24) is 5.32 Å². The molecule has 14 heavy (non-hydrogen) atoms. The first-order valence-corrected chi connectivity index (χ1v) is 6.10. The van der Waals surface area contributed by atoms with Crippen molar-refractivity contribution in [3.63, 3.8) is 0 Å². The van der Waals surface area contributed by atoms with Crippen LogP contribution in [0.5, 0.6) is 0 Å². The third-order valence-corrected chi connectivity index (χ3v) is 3.72. The Balaban J connectivity index is 1.74. The van der Waals surface area contributed by atoms with Gasteiger partial charge in [-0.25, -0.2) is 0 Å². The van der Waals surface area contributed by atoms with E-state index in [-0.39, 0.29) is 6.10 Å². The van der Waals surface area contributed by atoms with Gasteiger partial charge in [0.25, 0.3) is 0 Å². The highest BCUT2D eigenvalue weighted by Crippen LogP contribution is 2.23. The van der Waals surface area contributed by atoms with E-state index in [9.17, 15) is 0 Å². The zero-order valence-electron chi connectivity index (χ0n) is 8.53. The largest absolute Gasteiger partial charge is 0.373 e. The van der Waals surface area contributed by atoms with Gasteiger partial charge < -0.3 is 10.1 Å². The zero-order valence-corrected chi connectivity index (χ0v) is 9.35. The summed E-state index contributed by atoms with van der Waals surface area (Å²) in [7, 11) is 0. The van der Waals surface area contributed by atoms with Gasteiger partial charge >= 0.3 is 0 Å². The van der Waals surface area contributed by atoms with Crippen molar-refractivity contribution < 1.29 is 4.74 Å². The van der Waals surface area contributed by atoms with Gasteiger partial charge in [0.15, 0.2) is 0 Å². The summed E-state index contributed by atoms with van der Waals surface area (Å²) >= 11 is 1.77. The fourth-order valence-electron chi connectivity index (χ4n) is 1.74. The van der Waals surface area contributed by atoms with E-state index >= 15 is 0 Å². The fraction of sp³-hybridized carbons (Fsp3) is 0.636. The summed E-state index contributed by atoms with van der Waals surface area (Å²) in [5.74, 6) is 0.720. The molecule has 1 aliphatic heterocycles. The lowest BCUT2D eigenvalue weighted by atomic mass is 10.1.